The van der Waals surface area contributed by atoms with E-state index in [1.807, 2.05) is 56.0 Å². The maximum absolute atomic E-state index is 13.1. The molecule has 1 aliphatic rings. The summed E-state index contributed by atoms with van der Waals surface area (Å²) in [6.07, 6.45) is 3.54. The highest BCUT2D eigenvalue weighted by atomic mass is 35.5. The van der Waals surface area contributed by atoms with Gasteiger partial charge in [-0.05, 0) is 62.9 Å². The molecule has 1 aliphatic heterocycles. The van der Waals surface area contributed by atoms with Gasteiger partial charge in [-0.25, -0.2) is 4.79 Å². The maximum Gasteiger partial charge on any atom is 0.322 e. The van der Waals surface area contributed by atoms with Crippen molar-refractivity contribution in [2.24, 2.45) is 0 Å². The molecule has 1 atom stereocenters. The zero-order valence-electron chi connectivity index (χ0n) is 17.4. The zero-order valence-corrected chi connectivity index (χ0v) is 18.1. The van der Waals surface area contributed by atoms with Crippen molar-refractivity contribution in [1.82, 2.24) is 24.6 Å². The number of benzene rings is 1. The number of carbonyl (C=O) groups is 1. The number of aryl methyl sites for hydroxylation is 3. The summed E-state index contributed by atoms with van der Waals surface area (Å²) in [7, 11) is 0. The van der Waals surface area contributed by atoms with Crippen LogP contribution in [0.3, 0.4) is 0 Å². The number of urea groups is 1. The monoisotopic (exact) mass is 424 g/mol. The van der Waals surface area contributed by atoms with Gasteiger partial charge >= 0.3 is 6.03 Å². The van der Waals surface area contributed by atoms with Gasteiger partial charge in [0.05, 0.1) is 24.0 Å². The number of hydrogen-bond donors (Lipinski definition) is 1. The standard InChI is InChI=1S/C22H25ClN6O/c1-14-10-11-24-15(2)20(14)25-22(30)28-12-4-5-19(28)21-27-26-16(3)29(21)13-17-6-8-18(23)9-7-17/h6-11,19H,4-5,12-13H2,1-3H3,(H,25,30)/t19-/m1/s1. The lowest BCUT2D eigenvalue weighted by molar-refractivity contribution is 0.203. The summed E-state index contributed by atoms with van der Waals surface area (Å²) in [5.41, 5.74) is 3.68. The average molecular weight is 425 g/mol. The molecular weight excluding hydrogens is 400 g/mol. The van der Waals surface area contributed by atoms with Crippen LogP contribution in [0.5, 0.6) is 0 Å². The van der Waals surface area contributed by atoms with E-state index in [-0.39, 0.29) is 12.1 Å². The number of likely N-dealkylation sites (tertiary alicyclic amines) is 1. The third-order valence-corrected chi connectivity index (χ3v) is 5.86. The van der Waals surface area contributed by atoms with Crippen LogP contribution in [0.2, 0.25) is 5.02 Å². The number of anilines is 1. The van der Waals surface area contributed by atoms with Crippen molar-refractivity contribution in [2.45, 2.75) is 46.2 Å². The molecule has 0 saturated carbocycles. The van der Waals surface area contributed by atoms with Gasteiger partial charge in [0, 0.05) is 17.8 Å². The average Bonchev–Trinajstić information content (AvgIpc) is 3.34. The summed E-state index contributed by atoms with van der Waals surface area (Å²) in [5.74, 6) is 1.64. The smallest absolute Gasteiger partial charge is 0.314 e. The van der Waals surface area contributed by atoms with Gasteiger partial charge in [-0.2, -0.15) is 0 Å². The topological polar surface area (TPSA) is 75.9 Å². The predicted octanol–water partition coefficient (Wildman–Crippen LogP) is 4.67. The first kappa shape index (κ1) is 20.3. The van der Waals surface area contributed by atoms with Gasteiger partial charge in [0.2, 0.25) is 0 Å². The molecule has 1 N–H and O–H groups in total. The highest BCUT2D eigenvalue weighted by molar-refractivity contribution is 6.30. The zero-order chi connectivity index (χ0) is 21.3. The minimum absolute atomic E-state index is 0.115. The van der Waals surface area contributed by atoms with Crippen LogP contribution in [0.15, 0.2) is 36.5 Å². The molecule has 7 nitrogen and oxygen atoms in total. The van der Waals surface area contributed by atoms with Crippen molar-refractivity contribution in [3.8, 4) is 0 Å². The molecule has 1 fully saturated rings. The first-order valence-corrected chi connectivity index (χ1v) is 10.5. The Bertz CT molecular complexity index is 1040. The molecule has 2 amide bonds. The molecule has 3 aromatic rings. The number of nitrogens with zero attached hydrogens (tertiary/aromatic N) is 5. The van der Waals surface area contributed by atoms with E-state index >= 15 is 0 Å². The fraction of sp³-hybridized carbons (Fsp3) is 0.364. The van der Waals surface area contributed by atoms with Crippen LogP contribution >= 0.6 is 11.6 Å². The third kappa shape index (κ3) is 4.03. The number of halogens is 1. The lowest BCUT2D eigenvalue weighted by atomic mass is 10.2. The number of amides is 2. The van der Waals surface area contributed by atoms with Crippen LogP contribution in [0.25, 0.3) is 0 Å². The van der Waals surface area contributed by atoms with E-state index < -0.39 is 0 Å². The summed E-state index contributed by atoms with van der Waals surface area (Å²) in [6.45, 7) is 7.13. The van der Waals surface area contributed by atoms with Crippen LogP contribution in [0, 0.1) is 20.8 Å². The van der Waals surface area contributed by atoms with Crippen LogP contribution in [0.4, 0.5) is 10.5 Å². The minimum Gasteiger partial charge on any atom is -0.314 e. The van der Waals surface area contributed by atoms with Gasteiger partial charge in [-0.15, -0.1) is 10.2 Å². The molecule has 30 heavy (non-hydrogen) atoms. The maximum atomic E-state index is 13.1. The molecule has 4 rings (SSSR count). The fourth-order valence-corrected chi connectivity index (χ4v) is 4.08. The molecule has 3 heterocycles. The summed E-state index contributed by atoms with van der Waals surface area (Å²) < 4.78 is 2.08. The molecule has 1 aromatic carbocycles. The molecular formula is C22H25ClN6O. The number of hydrogen-bond acceptors (Lipinski definition) is 4. The molecule has 156 valence electrons. The summed E-state index contributed by atoms with van der Waals surface area (Å²) in [4.78, 5) is 19.3. The minimum atomic E-state index is -0.129. The van der Waals surface area contributed by atoms with Crippen LogP contribution in [-0.4, -0.2) is 37.2 Å². The lowest BCUT2D eigenvalue weighted by Crippen LogP contribution is -2.36. The highest BCUT2D eigenvalue weighted by Gasteiger charge is 2.34. The number of carbonyl (C=O) groups excluding carboxylic acids is 1. The summed E-state index contributed by atoms with van der Waals surface area (Å²) in [5, 5.41) is 12.5. The van der Waals surface area contributed by atoms with Crippen LogP contribution in [-0.2, 0) is 6.54 Å². The Kier molecular flexibility index (Phi) is 5.72. The first-order chi connectivity index (χ1) is 14.4. The second-order valence-electron chi connectivity index (χ2n) is 7.69. The SMILES string of the molecule is Cc1ccnc(C)c1NC(=O)N1CCC[C@@H]1c1nnc(C)n1Cc1ccc(Cl)cc1. The van der Waals surface area contributed by atoms with Gasteiger partial charge in [0.1, 0.15) is 5.82 Å². The number of aromatic nitrogens is 4. The Morgan fingerprint density at radius 3 is 2.67 bits per heavy atom. The van der Waals surface area contributed by atoms with Crippen molar-refractivity contribution < 1.29 is 4.79 Å². The first-order valence-electron chi connectivity index (χ1n) is 10.1. The van der Waals surface area contributed by atoms with Gasteiger partial charge in [-0.1, -0.05) is 23.7 Å². The molecule has 1 saturated heterocycles. The van der Waals surface area contributed by atoms with Crippen molar-refractivity contribution in [2.75, 3.05) is 11.9 Å². The second-order valence-corrected chi connectivity index (χ2v) is 8.12. The molecule has 2 aromatic heterocycles. The Morgan fingerprint density at radius 2 is 1.93 bits per heavy atom. The molecule has 0 aliphatic carbocycles. The van der Waals surface area contributed by atoms with E-state index in [9.17, 15) is 4.79 Å². The second kappa shape index (κ2) is 8.44. The predicted molar refractivity (Wildman–Crippen MR) is 117 cm³/mol. The highest BCUT2D eigenvalue weighted by Crippen LogP contribution is 2.32. The molecule has 0 radical (unpaired) electrons. The van der Waals surface area contributed by atoms with Crippen molar-refractivity contribution >= 4 is 23.3 Å². The summed E-state index contributed by atoms with van der Waals surface area (Å²) >= 11 is 6.02. The van der Waals surface area contributed by atoms with Crippen LogP contribution in [0.1, 0.15) is 47.4 Å². The quantitative estimate of drug-likeness (QED) is 0.660. The molecule has 8 heteroatoms. The molecule has 0 unspecified atom stereocenters. The normalized spacial score (nSPS) is 16.1. The molecule has 0 spiro atoms. The van der Waals surface area contributed by atoms with E-state index in [4.69, 9.17) is 11.6 Å². The number of nitrogens with one attached hydrogen (secondary N) is 1. The van der Waals surface area contributed by atoms with E-state index in [1.165, 1.54) is 0 Å². The van der Waals surface area contributed by atoms with Crippen LogP contribution < -0.4 is 5.32 Å². The Hall–Kier alpha value is -2.93. The number of pyridine rings is 1. The Morgan fingerprint density at radius 1 is 1.17 bits per heavy atom. The molecule has 0 bridgehead atoms. The summed E-state index contributed by atoms with van der Waals surface area (Å²) in [6, 6.07) is 9.41. The van der Waals surface area contributed by atoms with Gasteiger partial charge < -0.3 is 14.8 Å². The fourth-order valence-electron chi connectivity index (χ4n) is 3.95. The Balaban J connectivity index is 1.58. The third-order valence-electron chi connectivity index (χ3n) is 5.61. The Labute approximate surface area is 181 Å². The van der Waals surface area contributed by atoms with Gasteiger partial charge in [-0.3, -0.25) is 4.98 Å². The van der Waals surface area contributed by atoms with E-state index in [2.05, 4.69) is 25.1 Å². The van der Waals surface area contributed by atoms with E-state index in [0.29, 0.717) is 18.1 Å². The largest absolute Gasteiger partial charge is 0.322 e. The van der Waals surface area contributed by atoms with E-state index in [1.54, 1.807) is 6.20 Å². The number of rotatable bonds is 4. The van der Waals surface area contributed by atoms with Crippen molar-refractivity contribution in [3.63, 3.8) is 0 Å². The van der Waals surface area contributed by atoms with Crippen molar-refractivity contribution in [3.05, 3.63) is 70.0 Å². The van der Waals surface area contributed by atoms with Crippen molar-refractivity contribution in [1.29, 1.82) is 0 Å². The van der Waals surface area contributed by atoms with Gasteiger partial charge in [0.25, 0.3) is 0 Å². The van der Waals surface area contributed by atoms with E-state index in [0.717, 1.165) is 47.0 Å². The lowest BCUT2D eigenvalue weighted by Gasteiger charge is -2.25. The van der Waals surface area contributed by atoms with Gasteiger partial charge in [0.15, 0.2) is 5.82 Å².